The molecule has 1 atom stereocenters. The van der Waals surface area contributed by atoms with Gasteiger partial charge >= 0.3 is 0 Å². The molecule has 100 valence electrons. The lowest BCUT2D eigenvalue weighted by molar-refractivity contribution is 0.210. The summed E-state index contributed by atoms with van der Waals surface area (Å²) >= 11 is 0. The van der Waals surface area contributed by atoms with Crippen LogP contribution in [0.3, 0.4) is 0 Å². The number of fused-ring (bicyclic) bond motifs is 3. The fourth-order valence-corrected chi connectivity index (χ4v) is 2.77. The average molecular weight is 257 g/mol. The van der Waals surface area contributed by atoms with Gasteiger partial charge < -0.3 is 10.1 Å². The molecule has 0 bridgehead atoms. The maximum Gasteiger partial charge on any atom is 0.151 e. The second-order valence-corrected chi connectivity index (χ2v) is 5.04. The minimum absolute atomic E-state index is 0.532. The number of H-pyrrole nitrogens is 1. The Kier molecular flexibility index (Phi) is 3.25. The van der Waals surface area contributed by atoms with Gasteiger partial charge in [0.05, 0.1) is 12.3 Å². The van der Waals surface area contributed by atoms with E-state index in [9.17, 15) is 0 Å². The second-order valence-electron chi connectivity index (χ2n) is 5.04. The van der Waals surface area contributed by atoms with Gasteiger partial charge in [-0.1, -0.05) is 31.2 Å². The van der Waals surface area contributed by atoms with Crippen LogP contribution in [0.5, 0.6) is 0 Å². The molecular weight excluding hydrogens is 238 g/mol. The monoisotopic (exact) mass is 257 g/mol. The number of hydrogen-bond donors (Lipinski definition) is 2. The van der Waals surface area contributed by atoms with Gasteiger partial charge in [-0.2, -0.15) is 5.10 Å². The molecule has 19 heavy (non-hydrogen) atoms. The van der Waals surface area contributed by atoms with Crippen LogP contribution >= 0.6 is 0 Å². The van der Waals surface area contributed by atoms with Crippen LogP contribution in [0.15, 0.2) is 24.3 Å². The molecule has 0 aliphatic heterocycles. The van der Waals surface area contributed by atoms with Gasteiger partial charge in [0, 0.05) is 24.8 Å². The van der Waals surface area contributed by atoms with E-state index in [-0.39, 0.29) is 0 Å². The lowest BCUT2D eigenvalue weighted by atomic mass is 9.83. The summed E-state index contributed by atoms with van der Waals surface area (Å²) in [6.07, 6.45) is 1.03. The maximum atomic E-state index is 5.06. The van der Waals surface area contributed by atoms with E-state index in [2.05, 4.69) is 46.7 Å². The molecule has 2 aromatic rings. The quantitative estimate of drug-likeness (QED) is 0.828. The fraction of sp³-hybridized carbons (Fsp3) is 0.400. The highest BCUT2D eigenvalue weighted by Crippen LogP contribution is 2.40. The first-order valence-corrected chi connectivity index (χ1v) is 6.70. The maximum absolute atomic E-state index is 5.06. The zero-order valence-electron chi connectivity index (χ0n) is 11.4. The van der Waals surface area contributed by atoms with E-state index in [1.165, 1.54) is 16.7 Å². The summed E-state index contributed by atoms with van der Waals surface area (Å²) < 4.78 is 5.06. The molecule has 1 aromatic heterocycles. The lowest BCUT2D eigenvalue weighted by Crippen LogP contribution is -2.12. The van der Waals surface area contributed by atoms with Crippen molar-refractivity contribution in [2.45, 2.75) is 19.3 Å². The Morgan fingerprint density at radius 3 is 3.11 bits per heavy atom. The van der Waals surface area contributed by atoms with E-state index in [0.29, 0.717) is 12.5 Å². The molecule has 1 aromatic carbocycles. The average Bonchev–Trinajstić information content (AvgIpc) is 2.83. The summed E-state index contributed by atoms with van der Waals surface area (Å²) in [6.45, 7) is 3.74. The Hall–Kier alpha value is -1.81. The number of aromatic amines is 1. The zero-order valence-corrected chi connectivity index (χ0v) is 11.4. The summed E-state index contributed by atoms with van der Waals surface area (Å²) in [5.74, 6) is 1.50. The molecule has 1 aliphatic carbocycles. The number of aromatic nitrogens is 2. The Balaban J connectivity index is 1.95. The normalized spacial score (nSPS) is 16.8. The molecule has 0 fully saturated rings. The van der Waals surface area contributed by atoms with Crippen LogP contribution in [0.1, 0.15) is 24.0 Å². The first-order chi connectivity index (χ1) is 9.31. The minimum atomic E-state index is 0.532. The molecular formula is C15H19N3O. The van der Waals surface area contributed by atoms with Crippen molar-refractivity contribution in [3.63, 3.8) is 0 Å². The predicted molar refractivity (Wildman–Crippen MR) is 76.5 cm³/mol. The van der Waals surface area contributed by atoms with E-state index in [1.54, 1.807) is 7.11 Å². The van der Waals surface area contributed by atoms with Crippen molar-refractivity contribution in [2.24, 2.45) is 0 Å². The number of nitrogens with one attached hydrogen (secondary N) is 2. The molecule has 0 radical (unpaired) electrons. The molecule has 0 saturated carbocycles. The third-order valence-corrected chi connectivity index (χ3v) is 3.74. The highest BCUT2D eigenvalue weighted by Gasteiger charge is 2.25. The van der Waals surface area contributed by atoms with E-state index >= 15 is 0 Å². The highest BCUT2D eigenvalue weighted by atomic mass is 16.5. The SMILES string of the molecule is COCCNc1n[nH]c2c1CC(C)c1ccccc1-2. The fourth-order valence-electron chi connectivity index (χ4n) is 2.77. The highest BCUT2D eigenvalue weighted by molar-refractivity contribution is 5.75. The first-order valence-electron chi connectivity index (χ1n) is 6.70. The molecule has 4 nitrogen and oxygen atoms in total. The van der Waals surface area contributed by atoms with Crippen LogP contribution in [-0.2, 0) is 11.2 Å². The first kappa shape index (κ1) is 12.2. The summed E-state index contributed by atoms with van der Waals surface area (Å²) in [4.78, 5) is 0. The number of rotatable bonds is 4. The molecule has 0 amide bonds. The van der Waals surface area contributed by atoms with Gasteiger partial charge in [-0.05, 0) is 17.9 Å². The third-order valence-electron chi connectivity index (χ3n) is 3.74. The largest absolute Gasteiger partial charge is 0.383 e. The van der Waals surface area contributed by atoms with Gasteiger partial charge in [0.2, 0.25) is 0 Å². The van der Waals surface area contributed by atoms with Gasteiger partial charge in [0.1, 0.15) is 0 Å². The van der Waals surface area contributed by atoms with Crippen molar-refractivity contribution >= 4 is 5.82 Å². The van der Waals surface area contributed by atoms with Crippen LogP contribution in [0.2, 0.25) is 0 Å². The van der Waals surface area contributed by atoms with Crippen LogP contribution < -0.4 is 5.32 Å². The zero-order chi connectivity index (χ0) is 13.2. The van der Waals surface area contributed by atoms with Gasteiger partial charge in [0.15, 0.2) is 5.82 Å². The number of hydrogen-bond acceptors (Lipinski definition) is 3. The van der Waals surface area contributed by atoms with Crippen LogP contribution in [0.25, 0.3) is 11.3 Å². The Morgan fingerprint density at radius 1 is 1.42 bits per heavy atom. The molecule has 1 unspecified atom stereocenters. The number of benzene rings is 1. The number of methoxy groups -OCH3 is 1. The van der Waals surface area contributed by atoms with Gasteiger partial charge in [-0.15, -0.1) is 0 Å². The number of ether oxygens (including phenoxy) is 1. The van der Waals surface area contributed by atoms with Crippen molar-refractivity contribution in [1.29, 1.82) is 0 Å². The minimum Gasteiger partial charge on any atom is -0.383 e. The molecule has 1 heterocycles. The van der Waals surface area contributed by atoms with Crippen LogP contribution in [0.4, 0.5) is 5.82 Å². The lowest BCUT2D eigenvalue weighted by Gasteiger charge is -2.22. The van der Waals surface area contributed by atoms with Gasteiger partial charge in [-0.25, -0.2) is 0 Å². The summed E-state index contributed by atoms with van der Waals surface area (Å²) in [5, 5.41) is 10.9. The third kappa shape index (κ3) is 2.12. The van der Waals surface area contributed by atoms with E-state index in [4.69, 9.17) is 4.74 Å². The van der Waals surface area contributed by atoms with Crippen molar-refractivity contribution in [3.8, 4) is 11.3 Å². The summed E-state index contributed by atoms with van der Waals surface area (Å²) in [5.41, 5.74) is 5.14. The van der Waals surface area contributed by atoms with E-state index in [1.807, 2.05) is 0 Å². The van der Waals surface area contributed by atoms with E-state index in [0.717, 1.165) is 24.5 Å². The van der Waals surface area contributed by atoms with Gasteiger partial charge in [-0.3, -0.25) is 5.10 Å². The topological polar surface area (TPSA) is 49.9 Å². The molecule has 0 spiro atoms. The van der Waals surface area contributed by atoms with Gasteiger partial charge in [0.25, 0.3) is 0 Å². The van der Waals surface area contributed by atoms with Crippen molar-refractivity contribution in [3.05, 3.63) is 35.4 Å². The second kappa shape index (κ2) is 5.05. The standard InChI is InChI=1S/C15H19N3O/c1-10-9-13-14(12-6-4-3-5-11(10)12)17-18-15(13)16-7-8-19-2/h3-6,10H,7-9H2,1-2H3,(H2,16,17,18). The molecule has 4 heteroatoms. The summed E-state index contributed by atoms with van der Waals surface area (Å²) in [6, 6.07) is 8.57. The van der Waals surface area contributed by atoms with Crippen LogP contribution in [0, 0.1) is 0 Å². The smallest absolute Gasteiger partial charge is 0.151 e. The van der Waals surface area contributed by atoms with E-state index < -0.39 is 0 Å². The number of nitrogens with zero attached hydrogens (tertiary/aromatic N) is 1. The molecule has 2 N–H and O–H groups in total. The molecule has 0 saturated heterocycles. The Bertz CT molecular complexity index is 577. The van der Waals surface area contributed by atoms with Crippen molar-refractivity contribution in [1.82, 2.24) is 10.2 Å². The Labute approximate surface area is 113 Å². The number of anilines is 1. The molecule has 1 aliphatic rings. The van der Waals surface area contributed by atoms with Crippen molar-refractivity contribution in [2.75, 3.05) is 25.6 Å². The van der Waals surface area contributed by atoms with Crippen molar-refractivity contribution < 1.29 is 4.74 Å². The van der Waals surface area contributed by atoms with Crippen LogP contribution in [-0.4, -0.2) is 30.5 Å². The Morgan fingerprint density at radius 2 is 2.26 bits per heavy atom. The summed E-state index contributed by atoms with van der Waals surface area (Å²) in [7, 11) is 1.71. The predicted octanol–water partition coefficient (Wildman–Crippen LogP) is 2.79. The molecule has 3 rings (SSSR count).